The van der Waals surface area contributed by atoms with Gasteiger partial charge in [-0.3, -0.25) is 0 Å². The number of aromatic nitrogens is 1. The van der Waals surface area contributed by atoms with Crippen LogP contribution in [0, 0.1) is 13.8 Å². The Kier molecular flexibility index (Phi) is 4.73. The summed E-state index contributed by atoms with van der Waals surface area (Å²) in [6.07, 6.45) is 0. The minimum atomic E-state index is 0.305. The van der Waals surface area contributed by atoms with Gasteiger partial charge in [-0.25, -0.2) is 4.98 Å². The second-order valence-electron chi connectivity index (χ2n) is 4.54. The number of aryl methyl sites for hydroxylation is 2. The van der Waals surface area contributed by atoms with Crippen LogP contribution in [-0.4, -0.2) is 9.97 Å². The highest BCUT2D eigenvalue weighted by atomic mass is 79.9. The minimum absolute atomic E-state index is 0.305. The zero-order chi connectivity index (χ0) is 14.7. The maximum atomic E-state index is 5.80. The second-order valence-corrected chi connectivity index (χ2v) is 5.90. The molecule has 1 aromatic heterocycles. The quantitative estimate of drug-likeness (QED) is 0.854. The monoisotopic (exact) mass is 350 g/mol. The number of hydrogen-bond acceptors (Lipinski definition) is 3. The van der Waals surface area contributed by atoms with Crippen molar-refractivity contribution < 1.29 is 4.74 Å². The van der Waals surface area contributed by atoms with Crippen molar-refractivity contribution in [3.8, 4) is 5.88 Å². The Morgan fingerprint density at radius 1 is 1.35 bits per heavy atom. The van der Waals surface area contributed by atoms with E-state index in [0.29, 0.717) is 23.0 Å². The summed E-state index contributed by atoms with van der Waals surface area (Å²) in [7, 11) is 0. The summed E-state index contributed by atoms with van der Waals surface area (Å²) >= 11 is 8.52. The first-order valence-electron chi connectivity index (χ1n) is 6.12. The summed E-state index contributed by atoms with van der Waals surface area (Å²) in [6.45, 7) is 4.29. The van der Waals surface area contributed by atoms with Crippen LogP contribution in [0.5, 0.6) is 5.88 Å². The summed E-state index contributed by atoms with van der Waals surface area (Å²) in [6, 6.07) is 9.88. The van der Waals surface area contributed by atoms with E-state index >= 15 is 0 Å². The van der Waals surface area contributed by atoms with Crippen LogP contribution >= 0.6 is 28.1 Å². The third-order valence-electron chi connectivity index (χ3n) is 2.82. The van der Waals surface area contributed by atoms with E-state index in [2.05, 4.69) is 20.9 Å². The van der Waals surface area contributed by atoms with Gasteiger partial charge in [0.2, 0.25) is 5.88 Å². The van der Waals surface area contributed by atoms with Crippen molar-refractivity contribution in [2.45, 2.75) is 20.5 Å². The number of halogens is 1. The zero-order valence-corrected chi connectivity index (χ0v) is 13.7. The van der Waals surface area contributed by atoms with Gasteiger partial charge in [0.25, 0.3) is 0 Å². The van der Waals surface area contributed by atoms with Crippen LogP contribution in [0.1, 0.15) is 22.4 Å². The van der Waals surface area contributed by atoms with Crippen molar-refractivity contribution >= 4 is 33.1 Å². The number of ether oxygens (including phenoxy) is 1. The molecular weight excluding hydrogens is 336 g/mol. The Balaban J connectivity index is 2.27. The van der Waals surface area contributed by atoms with Gasteiger partial charge in [0.1, 0.15) is 11.6 Å². The summed E-state index contributed by atoms with van der Waals surface area (Å²) < 4.78 is 6.82. The second kappa shape index (κ2) is 6.33. The Labute approximate surface area is 132 Å². The average Bonchev–Trinajstić information content (AvgIpc) is 2.35. The normalized spacial score (nSPS) is 10.3. The molecule has 0 spiro atoms. The van der Waals surface area contributed by atoms with E-state index in [4.69, 9.17) is 22.7 Å². The fourth-order valence-corrected chi connectivity index (χ4v) is 2.68. The molecule has 3 nitrogen and oxygen atoms in total. The third kappa shape index (κ3) is 3.55. The number of nitrogens with zero attached hydrogens (tertiary/aromatic N) is 1. The lowest BCUT2D eigenvalue weighted by Crippen LogP contribution is -2.15. The van der Waals surface area contributed by atoms with E-state index in [9.17, 15) is 0 Å². The van der Waals surface area contributed by atoms with Gasteiger partial charge in [0.15, 0.2) is 0 Å². The van der Waals surface area contributed by atoms with Gasteiger partial charge in [0.05, 0.1) is 5.56 Å². The standard InChI is InChI=1S/C15H15BrN2OS/c1-9-6-10(2)18-15(13(9)14(17)20)19-8-11-4-3-5-12(16)7-11/h3-7H,8H2,1-2H3,(H2,17,20). The summed E-state index contributed by atoms with van der Waals surface area (Å²) in [5.41, 5.74) is 9.38. The van der Waals surface area contributed by atoms with Gasteiger partial charge in [0, 0.05) is 10.2 Å². The van der Waals surface area contributed by atoms with E-state index in [1.54, 1.807) is 0 Å². The van der Waals surface area contributed by atoms with Gasteiger partial charge in [-0.05, 0) is 43.2 Å². The predicted molar refractivity (Wildman–Crippen MR) is 88.1 cm³/mol. The van der Waals surface area contributed by atoms with E-state index in [0.717, 1.165) is 21.3 Å². The topological polar surface area (TPSA) is 48.1 Å². The number of benzene rings is 1. The van der Waals surface area contributed by atoms with Crippen molar-refractivity contribution in [1.29, 1.82) is 0 Å². The molecule has 2 N–H and O–H groups in total. The molecule has 0 amide bonds. The highest BCUT2D eigenvalue weighted by Crippen LogP contribution is 2.22. The predicted octanol–water partition coefficient (Wildman–Crippen LogP) is 3.67. The van der Waals surface area contributed by atoms with Gasteiger partial charge in [-0.2, -0.15) is 0 Å². The van der Waals surface area contributed by atoms with E-state index < -0.39 is 0 Å². The molecule has 1 heterocycles. The molecule has 0 aliphatic carbocycles. The van der Waals surface area contributed by atoms with Crippen molar-refractivity contribution in [1.82, 2.24) is 4.98 Å². The lowest BCUT2D eigenvalue weighted by Gasteiger charge is -2.13. The zero-order valence-electron chi connectivity index (χ0n) is 11.3. The van der Waals surface area contributed by atoms with E-state index in [1.807, 2.05) is 44.2 Å². The number of nitrogens with two attached hydrogens (primary N) is 1. The Morgan fingerprint density at radius 2 is 2.10 bits per heavy atom. The lowest BCUT2D eigenvalue weighted by molar-refractivity contribution is 0.292. The first-order valence-corrected chi connectivity index (χ1v) is 7.33. The molecule has 0 fully saturated rings. The van der Waals surface area contributed by atoms with Crippen LogP contribution in [0.4, 0.5) is 0 Å². The average molecular weight is 351 g/mol. The maximum absolute atomic E-state index is 5.80. The molecule has 104 valence electrons. The van der Waals surface area contributed by atoms with Gasteiger partial charge in [-0.1, -0.05) is 40.3 Å². The van der Waals surface area contributed by atoms with Gasteiger partial charge >= 0.3 is 0 Å². The van der Waals surface area contributed by atoms with E-state index in [1.165, 1.54) is 0 Å². The molecule has 20 heavy (non-hydrogen) atoms. The SMILES string of the molecule is Cc1cc(C)c(C(N)=S)c(OCc2cccc(Br)c2)n1. The molecule has 1 aromatic carbocycles. The molecule has 0 radical (unpaired) electrons. The van der Waals surface area contributed by atoms with Crippen LogP contribution < -0.4 is 10.5 Å². The summed E-state index contributed by atoms with van der Waals surface area (Å²) in [5, 5.41) is 0. The summed E-state index contributed by atoms with van der Waals surface area (Å²) in [5.74, 6) is 0.495. The third-order valence-corrected chi connectivity index (χ3v) is 3.52. The first-order chi connectivity index (χ1) is 9.47. The van der Waals surface area contributed by atoms with Crippen LogP contribution in [0.15, 0.2) is 34.8 Å². The first kappa shape index (κ1) is 14.9. The lowest BCUT2D eigenvalue weighted by atomic mass is 10.1. The molecule has 0 unspecified atom stereocenters. The highest BCUT2D eigenvalue weighted by molar-refractivity contribution is 9.10. The molecule has 0 aliphatic heterocycles. The molecule has 2 aromatic rings. The van der Waals surface area contributed by atoms with Crippen LogP contribution in [-0.2, 0) is 6.61 Å². The molecule has 0 atom stereocenters. The molecule has 0 saturated heterocycles. The van der Waals surface area contributed by atoms with Crippen molar-refractivity contribution in [2.24, 2.45) is 5.73 Å². The number of hydrogen-bond donors (Lipinski definition) is 1. The largest absolute Gasteiger partial charge is 0.472 e. The Hall–Kier alpha value is -1.46. The minimum Gasteiger partial charge on any atom is -0.472 e. The molecule has 0 saturated carbocycles. The van der Waals surface area contributed by atoms with Crippen molar-refractivity contribution in [3.05, 3.63) is 57.2 Å². The van der Waals surface area contributed by atoms with Gasteiger partial charge in [-0.15, -0.1) is 0 Å². The smallest absolute Gasteiger partial charge is 0.224 e. The summed E-state index contributed by atoms with van der Waals surface area (Å²) in [4.78, 5) is 4.70. The fourth-order valence-electron chi connectivity index (χ4n) is 1.99. The highest BCUT2D eigenvalue weighted by Gasteiger charge is 2.13. The van der Waals surface area contributed by atoms with Crippen LogP contribution in [0.2, 0.25) is 0 Å². The van der Waals surface area contributed by atoms with Crippen molar-refractivity contribution in [2.75, 3.05) is 0 Å². The molecule has 2 rings (SSSR count). The van der Waals surface area contributed by atoms with E-state index in [-0.39, 0.29) is 0 Å². The fraction of sp³-hybridized carbons (Fsp3) is 0.200. The Bertz CT molecular complexity index is 658. The van der Waals surface area contributed by atoms with Crippen molar-refractivity contribution in [3.63, 3.8) is 0 Å². The Morgan fingerprint density at radius 3 is 2.75 bits per heavy atom. The molecule has 0 bridgehead atoms. The number of pyridine rings is 1. The number of thiocarbonyl (C=S) groups is 1. The molecule has 0 aliphatic rings. The number of rotatable bonds is 4. The van der Waals surface area contributed by atoms with Crippen LogP contribution in [0.3, 0.4) is 0 Å². The maximum Gasteiger partial charge on any atom is 0.224 e. The van der Waals surface area contributed by atoms with Crippen LogP contribution in [0.25, 0.3) is 0 Å². The molecular formula is C15H15BrN2OS. The van der Waals surface area contributed by atoms with Gasteiger partial charge < -0.3 is 10.5 Å². The molecule has 5 heteroatoms.